The molecule has 1 rings (SSSR count). The average Bonchev–Trinajstić information content (AvgIpc) is 2.28. The van der Waals surface area contributed by atoms with Crippen molar-refractivity contribution < 1.29 is 19.8 Å². The van der Waals surface area contributed by atoms with E-state index in [0.717, 1.165) is 25.7 Å². The number of carboxylic acids is 1. The van der Waals surface area contributed by atoms with Crippen LogP contribution in [0.4, 0.5) is 4.79 Å². The maximum absolute atomic E-state index is 11.7. The lowest BCUT2D eigenvalue weighted by molar-refractivity contribution is -0.140. The Bertz CT molecular complexity index is 317. The standard InChI is InChI=1S/C12H22N2O4/c1-12(2)6-4-3-5-9(12)14-11(18)13-8(7-15)10(16)17/h8-9,15H,3-7H2,1-2H3,(H,16,17)(H2,13,14,18). The van der Waals surface area contributed by atoms with Crippen molar-refractivity contribution in [3.63, 3.8) is 0 Å². The van der Waals surface area contributed by atoms with Gasteiger partial charge in [-0.1, -0.05) is 26.7 Å². The van der Waals surface area contributed by atoms with Crippen molar-refractivity contribution in [2.75, 3.05) is 6.61 Å². The summed E-state index contributed by atoms with van der Waals surface area (Å²) in [6.45, 7) is 3.58. The van der Waals surface area contributed by atoms with Crippen LogP contribution in [0.1, 0.15) is 39.5 Å². The third kappa shape index (κ3) is 3.87. The molecule has 0 aromatic carbocycles. The van der Waals surface area contributed by atoms with Crippen LogP contribution < -0.4 is 10.6 Å². The van der Waals surface area contributed by atoms with Crippen molar-refractivity contribution in [2.24, 2.45) is 5.41 Å². The molecule has 1 fully saturated rings. The Morgan fingerprint density at radius 2 is 2.06 bits per heavy atom. The number of carboxylic acid groups (broad SMARTS) is 1. The molecule has 6 nitrogen and oxygen atoms in total. The van der Waals surface area contributed by atoms with Crippen LogP contribution in [0.2, 0.25) is 0 Å². The number of carbonyl (C=O) groups excluding carboxylic acids is 1. The molecule has 0 heterocycles. The van der Waals surface area contributed by atoms with Gasteiger partial charge in [0.05, 0.1) is 6.61 Å². The summed E-state index contributed by atoms with van der Waals surface area (Å²) in [5.41, 5.74) is 0.0214. The molecule has 0 radical (unpaired) electrons. The van der Waals surface area contributed by atoms with Crippen LogP contribution in [-0.2, 0) is 4.79 Å². The first-order valence-corrected chi connectivity index (χ1v) is 6.27. The molecule has 0 bridgehead atoms. The molecule has 1 aliphatic rings. The fraction of sp³-hybridized carbons (Fsp3) is 0.833. The number of nitrogens with one attached hydrogen (secondary N) is 2. The number of aliphatic hydroxyl groups excluding tert-OH is 1. The number of rotatable bonds is 4. The number of carbonyl (C=O) groups is 2. The molecule has 2 unspecified atom stereocenters. The van der Waals surface area contributed by atoms with Crippen LogP contribution in [0.3, 0.4) is 0 Å². The molecule has 1 aliphatic carbocycles. The summed E-state index contributed by atoms with van der Waals surface area (Å²) in [6, 6.07) is -1.74. The average molecular weight is 258 g/mol. The Morgan fingerprint density at radius 3 is 2.56 bits per heavy atom. The summed E-state index contributed by atoms with van der Waals surface area (Å²) in [6.07, 6.45) is 4.16. The lowest BCUT2D eigenvalue weighted by Gasteiger charge is -2.39. The van der Waals surface area contributed by atoms with Gasteiger partial charge >= 0.3 is 12.0 Å². The fourth-order valence-corrected chi connectivity index (χ4v) is 2.31. The van der Waals surface area contributed by atoms with Crippen molar-refractivity contribution in [2.45, 2.75) is 51.6 Å². The molecule has 0 aromatic rings. The molecule has 1 saturated carbocycles. The van der Waals surface area contributed by atoms with E-state index < -0.39 is 24.6 Å². The Balaban J connectivity index is 2.51. The molecule has 18 heavy (non-hydrogen) atoms. The minimum Gasteiger partial charge on any atom is -0.480 e. The fourth-order valence-electron chi connectivity index (χ4n) is 2.31. The minimum atomic E-state index is -1.25. The Labute approximate surface area is 107 Å². The first-order valence-electron chi connectivity index (χ1n) is 6.27. The topological polar surface area (TPSA) is 98.7 Å². The largest absolute Gasteiger partial charge is 0.480 e. The lowest BCUT2D eigenvalue weighted by Crippen LogP contribution is -2.54. The quantitative estimate of drug-likeness (QED) is 0.596. The molecule has 0 saturated heterocycles. The van der Waals surface area contributed by atoms with E-state index in [-0.39, 0.29) is 11.5 Å². The minimum absolute atomic E-state index is 0.0214. The van der Waals surface area contributed by atoms with Gasteiger partial charge in [0.2, 0.25) is 0 Å². The van der Waals surface area contributed by atoms with Gasteiger partial charge in [0.1, 0.15) is 0 Å². The highest BCUT2D eigenvalue weighted by Crippen LogP contribution is 2.35. The van der Waals surface area contributed by atoms with E-state index in [4.69, 9.17) is 10.2 Å². The summed E-state index contributed by atoms with van der Waals surface area (Å²) in [4.78, 5) is 22.4. The van der Waals surface area contributed by atoms with Gasteiger partial charge in [-0.15, -0.1) is 0 Å². The van der Waals surface area contributed by atoms with E-state index in [1.807, 2.05) is 0 Å². The van der Waals surface area contributed by atoms with Crippen molar-refractivity contribution in [1.82, 2.24) is 10.6 Å². The van der Waals surface area contributed by atoms with Gasteiger partial charge < -0.3 is 20.8 Å². The molecular formula is C12H22N2O4. The van der Waals surface area contributed by atoms with Gasteiger partial charge in [0, 0.05) is 6.04 Å². The van der Waals surface area contributed by atoms with Crippen LogP contribution in [-0.4, -0.2) is 40.9 Å². The molecule has 4 N–H and O–H groups in total. The molecule has 104 valence electrons. The van der Waals surface area contributed by atoms with Crippen LogP contribution in [0.15, 0.2) is 0 Å². The maximum atomic E-state index is 11.7. The normalized spacial score (nSPS) is 24.1. The molecule has 2 atom stereocenters. The summed E-state index contributed by atoms with van der Waals surface area (Å²) in [5.74, 6) is -1.24. The highest BCUT2D eigenvalue weighted by atomic mass is 16.4. The Hall–Kier alpha value is -1.30. The second-order valence-corrected chi connectivity index (χ2v) is 5.48. The third-order valence-corrected chi connectivity index (χ3v) is 3.60. The van der Waals surface area contributed by atoms with Gasteiger partial charge in [0.15, 0.2) is 6.04 Å². The Kier molecular flexibility index (Phi) is 4.95. The molecule has 2 amide bonds. The van der Waals surface area contributed by atoms with Crippen molar-refractivity contribution in [1.29, 1.82) is 0 Å². The first kappa shape index (κ1) is 14.8. The molecule has 0 aromatic heterocycles. The van der Waals surface area contributed by atoms with Gasteiger partial charge in [0.25, 0.3) is 0 Å². The van der Waals surface area contributed by atoms with Crippen molar-refractivity contribution >= 4 is 12.0 Å². The summed E-state index contributed by atoms with van der Waals surface area (Å²) in [5, 5.41) is 22.6. The second-order valence-electron chi connectivity index (χ2n) is 5.48. The van der Waals surface area contributed by atoms with Crippen LogP contribution in [0.5, 0.6) is 0 Å². The van der Waals surface area contributed by atoms with Gasteiger partial charge in [-0.2, -0.15) is 0 Å². The predicted octanol–water partition coefficient (Wildman–Crippen LogP) is 0.700. The summed E-state index contributed by atoms with van der Waals surface area (Å²) < 4.78 is 0. The first-order chi connectivity index (χ1) is 8.36. The summed E-state index contributed by atoms with van der Waals surface area (Å²) in [7, 11) is 0. The van der Waals surface area contributed by atoms with E-state index in [1.54, 1.807) is 0 Å². The van der Waals surface area contributed by atoms with E-state index in [9.17, 15) is 9.59 Å². The van der Waals surface area contributed by atoms with E-state index >= 15 is 0 Å². The summed E-state index contributed by atoms with van der Waals surface area (Å²) >= 11 is 0. The number of amides is 2. The highest BCUT2D eigenvalue weighted by molar-refractivity contribution is 5.82. The molecule has 0 aliphatic heterocycles. The van der Waals surface area contributed by atoms with Crippen molar-refractivity contribution in [3.05, 3.63) is 0 Å². The SMILES string of the molecule is CC1(C)CCCCC1NC(=O)NC(CO)C(=O)O. The smallest absolute Gasteiger partial charge is 0.328 e. The zero-order chi connectivity index (χ0) is 13.8. The highest BCUT2D eigenvalue weighted by Gasteiger charge is 2.33. The number of aliphatic hydroxyl groups is 1. The van der Waals surface area contributed by atoms with E-state index in [1.165, 1.54) is 0 Å². The maximum Gasteiger partial charge on any atom is 0.328 e. The lowest BCUT2D eigenvalue weighted by atomic mass is 9.73. The number of urea groups is 1. The van der Waals surface area contributed by atoms with Gasteiger partial charge in [-0.25, -0.2) is 9.59 Å². The third-order valence-electron chi connectivity index (χ3n) is 3.60. The van der Waals surface area contributed by atoms with Crippen LogP contribution in [0.25, 0.3) is 0 Å². The molecule has 0 spiro atoms. The number of aliphatic carboxylic acids is 1. The number of hydrogen-bond donors (Lipinski definition) is 4. The number of hydrogen-bond acceptors (Lipinski definition) is 3. The Morgan fingerprint density at radius 1 is 1.39 bits per heavy atom. The zero-order valence-electron chi connectivity index (χ0n) is 10.9. The predicted molar refractivity (Wildman–Crippen MR) is 66.2 cm³/mol. The monoisotopic (exact) mass is 258 g/mol. The second kappa shape index (κ2) is 6.04. The van der Waals surface area contributed by atoms with Crippen molar-refractivity contribution in [3.8, 4) is 0 Å². The van der Waals surface area contributed by atoms with Crippen LogP contribution >= 0.6 is 0 Å². The van der Waals surface area contributed by atoms with E-state index in [0.29, 0.717) is 0 Å². The zero-order valence-corrected chi connectivity index (χ0v) is 10.9. The van der Waals surface area contributed by atoms with Gasteiger partial charge in [-0.05, 0) is 18.3 Å². The molecular weight excluding hydrogens is 236 g/mol. The van der Waals surface area contributed by atoms with E-state index in [2.05, 4.69) is 24.5 Å². The van der Waals surface area contributed by atoms with Crippen LogP contribution in [0, 0.1) is 5.41 Å². The molecule has 6 heteroatoms. The van der Waals surface area contributed by atoms with Gasteiger partial charge in [-0.3, -0.25) is 0 Å².